The van der Waals surface area contributed by atoms with Gasteiger partial charge in [0.2, 0.25) is 0 Å². The first-order valence-corrected chi connectivity index (χ1v) is 8.34. The van der Waals surface area contributed by atoms with E-state index in [0.717, 1.165) is 31.7 Å². The molecule has 0 saturated heterocycles. The first-order valence-electron chi connectivity index (χ1n) is 8.34. The summed E-state index contributed by atoms with van der Waals surface area (Å²) in [5.74, 6) is 0.967. The van der Waals surface area contributed by atoms with Gasteiger partial charge in [0, 0.05) is 6.54 Å². The van der Waals surface area contributed by atoms with Crippen molar-refractivity contribution in [3.8, 4) is 16.9 Å². The Morgan fingerprint density at radius 1 is 0.913 bits per heavy atom. The fraction of sp³-hybridized carbons (Fsp3) is 0.400. The van der Waals surface area contributed by atoms with E-state index in [1.54, 1.807) is 0 Å². The minimum atomic E-state index is 0.196. The molecule has 0 atom stereocenters. The Morgan fingerprint density at radius 3 is 2.48 bits per heavy atom. The molecule has 3 heteroatoms. The molecular formula is C20H27NO2. The van der Waals surface area contributed by atoms with Crippen LogP contribution in [0.2, 0.25) is 0 Å². The van der Waals surface area contributed by atoms with E-state index < -0.39 is 0 Å². The molecule has 2 N–H and O–H groups in total. The minimum Gasteiger partial charge on any atom is -0.493 e. The van der Waals surface area contributed by atoms with E-state index in [2.05, 4.69) is 55.6 Å². The Labute approximate surface area is 139 Å². The van der Waals surface area contributed by atoms with Crippen LogP contribution in [-0.4, -0.2) is 31.4 Å². The summed E-state index contributed by atoms with van der Waals surface area (Å²) in [6, 6.07) is 14.7. The minimum absolute atomic E-state index is 0.196. The first-order chi connectivity index (χ1) is 11.2. The van der Waals surface area contributed by atoms with Gasteiger partial charge in [0.1, 0.15) is 5.75 Å². The maximum absolute atomic E-state index is 8.70. The molecule has 0 aliphatic carbocycles. The summed E-state index contributed by atoms with van der Waals surface area (Å²) in [5.41, 5.74) is 4.98. The summed E-state index contributed by atoms with van der Waals surface area (Å²) < 4.78 is 5.97. The molecule has 3 nitrogen and oxygen atoms in total. The van der Waals surface area contributed by atoms with Crippen molar-refractivity contribution in [1.29, 1.82) is 0 Å². The van der Waals surface area contributed by atoms with E-state index in [4.69, 9.17) is 9.84 Å². The Morgan fingerprint density at radius 2 is 1.70 bits per heavy atom. The number of ether oxygens (including phenoxy) is 1. The van der Waals surface area contributed by atoms with E-state index in [1.165, 1.54) is 22.3 Å². The number of aliphatic hydroxyl groups is 1. The van der Waals surface area contributed by atoms with E-state index in [-0.39, 0.29) is 6.61 Å². The van der Waals surface area contributed by atoms with Gasteiger partial charge in [0.25, 0.3) is 0 Å². The summed E-state index contributed by atoms with van der Waals surface area (Å²) in [6.45, 7) is 6.77. The molecule has 2 aromatic rings. The van der Waals surface area contributed by atoms with Crippen LogP contribution in [0.5, 0.6) is 5.75 Å². The molecule has 2 rings (SSSR count). The fourth-order valence-corrected chi connectivity index (χ4v) is 2.68. The molecule has 0 unspecified atom stereocenters. The van der Waals surface area contributed by atoms with Crippen LogP contribution in [0.1, 0.15) is 24.0 Å². The Balaban J connectivity index is 1.94. The molecule has 0 aromatic heterocycles. The van der Waals surface area contributed by atoms with Crippen molar-refractivity contribution in [2.75, 3.05) is 26.3 Å². The van der Waals surface area contributed by atoms with Gasteiger partial charge in [-0.05, 0) is 61.6 Å². The maximum atomic E-state index is 8.70. The molecule has 0 bridgehead atoms. The van der Waals surface area contributed by atoms with Gasteiger partial charge in [0.05, 0.1) is 13.2 Å². The van der Waals surface area contributed by atoms with Gasteiger partial charge in [-0.2, -0.15) is 0 Å². The van der Waals surface area contributed by atoms with Crippen molar-refractivity contribution in [1.82, 2.24) is 5.32 Å². The zero-order valence-corrected chi connectivity index (χ0v) is 14.1. The van der Waals surface area contributed by atoms with Crippen molar-refractivity contribution in [2.24, 2.45) is 0 Å². The van der Waals surface area contributed by atoms with Crippen molar-refractivity contribution in [2.45, 2.75) is 26.7 Å². The Hall–Kier alpha value is -1.84. The molecule has 2 aromatic carbocycles. The molecule has 0 aliphatic heterocycles. The third-order valence-electron chi connectivity index (χ3n) is 4.01. The van der Waals surface area contributed by atoms with Gasteiger partial charge in [-0.25, -0.2) is 0 Å². The SMILES string of the molecule is Cc1ccccc1-c1cccc(OCCCCNCCO)c1C. The highest BCUT2D eigenvalue weighted by Crippen LogP contribution is 2.31. The quantitative estimate of drug-likeness (QED) is 0.693. The second-order valence-corrected chi connectivity index (χ2v) is 5.77. The molecule has 0 amide bonds. The summed E-state index contributed by atoms with van der Waals surface area (Å²) in [7, 11) is 0. The highest BCUT2D eigenvalue weighted by atomic mass is 16.5. The van der Waals surface area contributed by atoms with E-state index in [9.17, 15) is 0 Å². The lowest BCUT2D eigenvalue weighted by Crippen LogP contribution is -2.19. The Bertz CT molecular complexity index is 610. The van der Waals surface area contributed by atoms with Gasteiger partial charge in [0.15, 0.2) is 0 Å². The molecule has 0 aliphatic rings. The van der Waals surface area contributed by atoms with Gasteiger partial charge in [-0.15, -0.1) is 0 Å². The normalized spacial score (nSPS) is 10.7. The average Bonchev–Trinajstić information content (AvgIpc) is 2.56. The number of hydrogen-bond acceptors (Lipinski definition) is 3. The largest absolute Gasteiger partial charge is 0.493 e. The topological polar surface area (TPSA) is 41.5 Å². The zero-order chi connectivity index (χ0) is 16.5. The zero-order valence-electron chi connectivity index (χ0n) is 14.1. The fourth-order valence-electron chi connectivity index (χ4n) is 2.68. The highest BCUT2D eigenvalue weighted by molar-refractivity contribution is 5.72. The number of unbranched alkanes of at least 4 members (excludes halogenated alkanes) is 1. The van der Waals surface area contributed by atoms with Crippen LogP contribution < -0.4 is 10.1 Å². The first kappa shape index (κ1) is 17.5. The average molecular weight is 313 g/mol. The van der Waals surface area contributed by atoms with Crippen LogP contribution in [-0.2, 0) is 0 Å². The maximum Gasteiger partial charge on any atom is 0.122 e. The molecular weight excluding hydrogens is 286 g/mol. The van der Waals surface area contributed by atoms with E-state index in [1.807, 2.05) is 6.07 Å². The predicted octanol–water partition coefficient (Wildman–Crippen LogP) is 3.71. The number of aliphatic hydroxyl groups excluding tert-OH is 1. The standard InChI is InChI=1S/C20H27NO2/c1-16-8-3-4-9-18(16)19-10-7-11-20(17(19)2)23-15-6-5-12-21-13-14-22/h3-4,7-11,21-22H,5-6,12-15H2,1-2H3. The molecule has 0 heterocycles. The number of aryl methyl sites for hydroxylation is 1. The van der Waals surface area contributed by atoms with E-state index in [0.29, 0.717) is 6.54 Å². The smallest absolute Gasteiger partial charge is 0.122 e. The lowest BCUT2D eigenvalue weighted by molar-refractivity contribution is 0.286. The number of benzene rings is 2. The van der Waals surface area contributed by atoms with Gasteiger partial charge in [-0.1, -0.05) is 36.4 Å². The second kappa shape index (κ2) is 9.33. The van der Waals surface area contributed by atoms with Crippen LogP contribution in [0.25, 0.3) is 11.1 Å². The van der Waals surface area contributed by atoms with Crippen molar-refractivity contribution in [3.05, 3.63) is 53.6 Å². The number of rotatable bonds is 9. The molecule has 124 valence electrons. The van der Waals surface area contributed by atoms with Gasteiger partial charge >= 0.3 is 0 Å². The predicted molar refractivity (Wildman–Crippen MR) is 96.0 cm³/mol. The number of nitrogens with one attached hydrogen (secondary N) is 1. The lowest BCUT2D eigenvalue weighted by Gasteiger charge is -2.14. The van der Waals surface area contributed by atoms with Crippen LogP contribution in [0, 0.1) is 13.8 Å². The summed E-state index contributed by atoms with van der Waals surface area (Å²) >= 11 is 0. The number of hydrogen-bond donors (Lipinski definition) is 2. The van der Waals surface area contributed by atoms with Crippen LogP contribution in [0.4, 0.5) is 0 Å². The second-order valence-electron chi connectivity index (χ2n) is 5.77. The monoisotopic (exact) mass is 313 g/mol. The van der Waals surface area contributed by atoms with Crippen LogP contribution >= 0.6 is 0 Å². The Kier molecular flexibility index (Phi) is 7.11. The summed E-state index contributed by atoms with van der Waals surface area (Å²) in [6.07, 6.45) is 2.06. The van der Waals surface area contributed by atoms with E-state index >= 15 is 0 Å². The molecule has 0 fully saturated rings. The summed E-state index contributed by atoms with van der Waals surface area (Å²) in [4.78, 5) is 0. The molecule has 0 spiro atoms. The van der Waals surface area contributed by atoms with Crippen molar-refractivity contribution in [3.63, 3.8) is 0 Å². The highest BCUT2D eigenvalue weighted by Gasteiger charge is 2.08. The molecule has 23 heavy (non-hydrogen) atoms. The lowest BCUT2D eigenvalue weighted by atomic mass is 9.96. The van der Waals surface area contributed by atoms with Gasteiger partial charge < -0.3 is 15.2 Å². The van der Waals surface area contributed by atoms with Gasteiger partial charge in [-0.3, -0.25) is 0 Å². The molecule has 0 radical (unpaired) electrons. The van der Waals surface area contributed by atoms with Crippen LogP contribution in [0.15, 0.2) is 42.5 Å². The third-order valence-corrected chi connectivity index (χ3v) is 4.01. The van der Waals surface area contributed by atoms with Crippen LogP contribution in [0.3, 0.4) is 0 Å². The van der Waals surface area contributed by atoms with Crippen molar-refractivity contribution < 1.29 is 9.84 Å². The molecule has 0 saturated carbocycles. The third kappa shape index (κ3) is 5.08. The summed E-state index contributed by atoms with van der Waals surface area (Å²) in [5, 5.41) is 11.9. The van der Waals surface area contributed by atoms with Crippen molar-refractivity contribution >= 4 is 0 Å².